The summed E-state index contributed by atoms with van der Waals surface area (Å²) in [5.41, 5.74) is 6.40. The number of anilines is 1. The van der Waals surface area contributed by atoms with Crippen LogP contribution in [0.25, 0.3) is 10.9 Å². The summed E-state index contributed by atoms with van der Waals surface area (Å²) >= 11 is 6.36. The number of aromatic nitrogens is 3. The van der Waals surface area contributed by atoms with Gasteiger partial charge < -0.3 is 9.88 Å². The summed E-state index contributed by atoms with van der Waals surface area (Å²) < 4.78 is 4.03. The highest BCUT2D eigenvalue weighted by Crippen LogP contribution is 2.28. The zero-order valence-electron chi connectivity index (χ0n) is 19.1. The molecule has 0 saturated carbocycles. The van der Waals surface area contributed by atoms with Gasteiger partial charge in [-0.25, -0.2) is 0 Å². The molecule has 0 aliphatic carbocycles. The highest BCUT2D eigenvalue weighted by molar-refractivity contribution is 6.33. The number of hydrogen-bond donors (Lipinski definition) is 1. The monoisotopic (exact) mass is 468 g/mol. The van der Waals surface area contributed by atoms with Gasteiger partial charge in [-0.05, 0) is 48.7 Å². The van der Waals surface area contributed by atoms with Gasteiger partial charge in [0.15, 0.2) is 5.82 Å². The lowest BCUT2D eigenvalue weighted by Gasteiger charge is -2.09. The maximum absolute atomic E-state index is 13.0. The maximum Gasteiger partial charge on any atom is 0.256 e. The molecule has 170 valence electrons. The second kappa shape index (κ2) is 9.20. The van der Waals surface area contributed by atoms with E-state index in [1.165, 1.54) is 16.8 Å². The summed E-state index contributed by atoms with van der Waals surface area (Å²) in [6, 6.07) is 26.2. The van der Waals surface area contributed by atoms with Crippen molar-refractivity contribution >= 4 is 34.2 Å². The van der Waals surface area contributed by atoms with Crippen LogP contribution >= 0.6 is 11.6 Å². The number of benzene rings is 3. The van der Waals surface area contributed by atoms with Crippen molar-refractivity contribution in [3.05, 3.63) is 118 Å². The van der Waals surface area contributed by atoms with E-state index in [2.05, 4.69) is 53.1 Å². The molecule has 0 fully saturated rings. The first kappa shape index (κ1) is 22.0. The van der Waals surface area contributed by atoms with Gasteiger partial charge in [0.1, 0.15) is 5.02 Å². The Morgan fingerprint density at radius 2 is 1.56 bits per heavy atom. The second-order valence-electron chi connectivity index (χ2n) is 8.48. The number of aryl methyl sites for hydroxylation is 1. The van der Waals surface area contributed by atoms with E-state index in [1.807, 2.05) is 54.6 Å². The molecular weight excluding hydrogens is 444 g/mol. The number of nitrogens with one attached hydrogen (secondary N) is 1. The smallest absolute Gasteiger partial charge is 0.256 e. The largest absolute Gasteiger partial charge is 0.340 e. The Hall–Kier alpha value is -3.83. The van der Waals surface area contributed by atoms with Crippen molar-refractivity contribution < 1.29 is 4.79 Å². The fourth-order valence-corrected chi connectivity index (χ4v) is 4.47. The van der Waals surface area contributed by atoms with Crippen LogP contribution in [-0.4, -0.2) is 20.3 Å². The predicted octanol–water partition coefficient (Wildman–Crippen LogP) is 6.46. The number of rotatable bonds is 6. The summed E-state index contributed by atoms with van der Waals surface area (Å²) in [5.74, 6) is 0.124. The van der Waals surface area contributed by atoms with Crippen LogP contribution in [0.1, 0.15) is 32.7 Å². The molecule has 0 aliphatic heterocycles. The number of carbonyl (C=O) groups excluding carboxylic acids is 1. The molecule has 0 radical (unpaired) electrons. The molecule has 3 aromatic carbocycles. The zero-order valence-corrected chi connectivity index (χ0v) is 19.9. The molecule has 2 heterocycles. The summed E-state index contributed by atoms with van der Waals surface area (Å²) in [4.78, 5) is 13.0. The molecule has 5 rings (SSSR count). The summed E-state index contributed by atoms with van der Waals surface area (Å²) in [7, 11) is 0. The standard InChI is InChI=1S/C28H25ClN4O/c1-19-20(2)33(17-22-11-7-4-8-12-22)26-14-13-23(15-24(19)26)28(34)30-27-25(29)18-32(31-27)16-21-9-5-3-6-10-21/h3-15,18H,16-17H2,1-2H3,(H,30,31,34). The molecule has 0 aliphatic rings. The fourth-order valence-electron chi connectivity index (χ4n) is 4.27. The van der Waals surface area contributed by atoms with Gasteiger partial charge in [-0.1, -0.05) is 72.3 Å². The van der Waals surface area contributed by atoms with Gasteiger partial charge in [0, 0.05) is 34.9 Å². The summed E-state index contributed by atoms with van der Waals surface area (Å²) in [6.45, 7) is 5.59. The van der Waals surface area contributed by atoms with Crippen LogP contribution < -0.4 is 5.32 Å². The van der Waals surface area contributed by atoms with Gasteiger partial charge in [-0.3, -0.25) is 9.48 Å². The first-order chi connectivity index (χ1) is 16.5. The van der Waals surface area contributed by atoms with Crippen LogP contribution in [0.5, 0.6) is 0 Å². The predicted molar refractivity (Wildman–Crippen MR) is 138 cm³/mol. The summed E-state index contributed by atoms with van der Waals surface area (Å²) in [5, 5.41) is 8.81. The van der Waals surface area contributed by atoms with Gasteiger partial charge in [0.05, 0.1) is 6.54 Å². The Morgan fingerprint density at radius 3 is 2.24 bits per heavy atom. The molecule has 34 heavy (non-hydrogen) atoms. The number of nitrogens with zero attached hydrogens (tertiary/aromatic N) is 3. The van der Waals surface area contributed by atoms with Crippen LogP contribution in [-0.2, 0) is 13.1 Å². The Balaban J connectivity index is 1.38. The van der Waals surface area contributed by atoms with Crippen LogP contribution in [0.3, 0.4) is 0 Å². The van der Waals surface area contributed by atoms with Crippen molar-refractivity contribution in [1.29, 1.82) is 0 Å². The van der Waals surface area contributed by atoms with Crippen LogP contribution in [0.15, 0.2) is 85.1 Å². The molecule has 1 amide bonds. The molecule has 0 spiro atoms. The third kappa shape index (κ3) is 4.35. The molecule has 5 aromatic rings. The van der Waals surface area contributed by atoms with Crippen molar-refractivity contribution in [1.82, 2.24) is 14.3 Å². The fraction of sp³-hybridized carbons (Fsp3) is 0.143. The van der Waals surface area contributed by atoms with E-state index in [0.29, 0.717) is 22.9 Å². The third-order valence-corrected chi connectivity index (χ3v) is 6.50. The van der Waals surface area contributed by atoms with E-state index >= 15 is 0 Å². The Kier molecular flexibility index (Phi) is 5.95. The number of fused-ring (bicyclic) bond motifs is 1. The molecular formula is C28H25ClN4O. The van der Waals surface area contributed by atoms with E-state index < -0.39 is 0 Å². The summed E-state index contributed by atoms with van der Waals surface area (Å²) in [6.07, 6.45) is 1.73. The first-order valence-electron chi connectivity index (χ1n) is 11.2. The molecule has 5 nitrogen and oxygen atoms in total. The van der Waals surface area contributed by atoms with E-state index in [1.54, 1.807) is 10.9 Å². The van der Waals surface area contributed by atoms with Crippen LogP contribution in [0, 0.1) is 13.8 Å². The molecule has 0 atom stereocenters. The quantitative estimate of drug-likeness (QED) is 0.311. The third-order valence-electron chi connectivity index (χ3n) is 6.22. The van der Waals surface area contributed by atoms with Gasteiger partial charge in [0.25, 0.3) is 5.91 Å². The number of halogens is 1. The number of amides is 1. The van der Waals surface area contributed by atoms with Gasteiger partial charge >= 0.3 is 0 Å². The van der Waals surface area contributed by atoms with Gasteiger partial charge in [0.2, 0.25) is 0 Å². The Bertz CT molecular complexity index is 1470. The van der Waals surface area contributed by atoms with Crippen molar-refractivity contribution in [3.63, 3.8) is 0 Å². The Morgan fingerprint density at radius 1 is 0.912 bits per heavy atom. The minimum Gasteiger partial charge on any atom is -0.340 e. The SMILES string of the molecule is Cc1c(C)n(Cc2ccccc2)c2ccc(C(=O)Nc3nn(Cc4ccccc4)cc3Cl)cc12. The van der Waals surface area contributed by atoms with Crippen molar-refractivity contribution in [2.24, 2.45) is 0 Å². The van der Waals surface area contributed by atoms with E-state index in [9.17, 15) is 4.79 Å². The minimum absolute atomic E-state index is 0.235. The average molecular weight is 469 g/mol. The van der Waals surface area contributed by atoms with E-state index in [-0.39, 0.29) is 5.91 Å². The highest BCUT2D eigenvalue weighted by Gasteiger charge is 2.16. The topological polar surface area (TPSA) is 51.9 Å². The Labute approximate surface area is 203 Å². The minimum atomic E-state index is -0.235. The average Bonchev–Trinajstić information content (AvgIpc) is 3.31. The molecule has 2 aromatic heterocycles. The normalized spacial score (nSPS) is 11.1. The van der Waals surface area contributed by atoms with Crippen molar-refractivity contribution in [2.75, 3.05) is 5.32 Å². The van der Waals surface area contributed by atoms with E-state index in [0.717, 1.165) is 23.0 Å². The van der Waals surface area contributed by atoms with Gasteiger partial charge in [-0.15, -0.1) is 0 Å². The van der Waals surface area contributed by atoms with Crippen molar-refractivity contribution in [3.8, 4) is 0 Å². The maximum atomic E-state index is 13.0. The second-order valence-corrected chi connectivity index (χ2v) is 8.88. The number of hydrogen-bond acceptors (Lipinski definition) is 2. The molecule has 0 unspecified atom stereocenters. The molecule has 0 saturated heterocycles. The lowest BCUT2D eigenvalue weighted by Crippen LogP contribution is -2.13. The molecule has 0 bridgehead atoms. The lowest BCUT2D eigenvalue weighted by atomic mass is 10.1. The van der Waals surface area contributed by atoms with Crippen molar-refractivity contribution in [2.45, 2.75) is 26.9 Å². The highest BCUT2D eigenvalue weighted by atomic mass is 35.5. The van der Waals surface area contributed by atoms with Crippen LogP contribution in [0.2, 0.25) is 5.02 Å². The number of carbonyl (C=O) groups is 1. The molecule has 6 heteroatoms. The first-order valence-corrected chi connectivity index (χ1v) is 11.6. The molecule has 1 N–H and O–H groups in total. The van der Waals surface area contributed by atoms with E-state index in [4.69, 9.17) is 11.6 Å². The van der Waals surface area contributed by atoms with Crippen LogP contribution in [0.4, 0.5) is 5.82 Å². The lowest BCUT2D eigenvalue weighted by molar-refractivity contribution is 0.102. The van der Waals surface area contributed by atoms with Gasteiger partial charge in [-0.2, -0.15) is 5.10 Å². The zero-order chi connectivity index (χ0) is 23.7.